The second-order valence-corrected chi connectivity index (χ2v) is 7.17. The number of rotatable bonds is 6. The summed E-state index contributed by atoms with van der Waals surface area (Å²) in [6.45, 7) is 3.17. The lowest BCUT2D eigenvalue weighted by molar-refractivity contribution is 0.258. The second-order valence-electron chi connectivity index (χ2n) is 4.49. The summed E-state index contributed by atoms with van der Waals surface area (Å²) in [6.07, 6.45) is 0.234. The van der Waals surface area contributed by atoms with Gasteiger partial charge < -0.3 is 5.11 Å². The molecule has 20 heavy (non-hydrogen) atoms. The predicted molar refractivity (Wildman–Crippen MR) is 74.8 cm³/mol. The molecule has 1 N–H and O–H groups in total. The van der Waals surface area contributed by atoms with Crippen molar-refractivity contribution in [3.8, 4) is 0 Å². The van der Waals surface area contributed by atoms with Gasteiger partial charge in [0.25, 0.3) is 0 Å². The van der Waals surface area contributed by atoms with Gasteiger partial charge in [0.1, 0.15) is 16.5 Å². The van der Waals surface area contributed by atoms with Gasteiger partial charge in [-0.25, -0.2) is 17.2 Å². The maximum Gasteiger partial charge on any atom is 0.247 e. The van der Waals surface area contributed by atoms with Gasteiger partial charge in [0, 0.05) is 29.7 Å². The second kappa shape index (κ2) is 6.93. The molecule has 0 spiro atoms. The molecule has 0 aromatic heterocycles. The zero-order valence-corrected chi connectivity index (χ0v) is 13.5. The molecule has 0 radical (unpaired) electrons. The third kappa shape index (κ3) is 3.75. The summed E-state index contributed by atoms with van der Waals surface area (Å²) in [5.41, 5.74) is 0. The van der Waals surface area contributed by atoms with Gasteiger partial charge in [0.05, 0.1) is 0 Å². The number of benzene rings is 1. The van der Waals surface area contributed by atoms with E-state index in [0.717, 1.165) is 10.4 Å². The molecule has 0 amide bonds. The summed E-state index contributed by atoms with van der Waals surface area (Å²) in [4.78, 5) is -0.592. The quantitative estimate of drug-likeness (QED) is 0.835. The fraction of sp³-hybridized carbons (Fsp3) is 0.500. The highest BCUT2D eigenvalue weighted by molar-refractivity contribution is 9.10. The molecular formula is C12H16BrF2NO3S. The van der Waals surface area contributed by atoms with E-state index < -0.39 is 32.6 Å². The van der Waals surface area contributed by atoms with Crippen molar-refractivity contribution >= 4 is 26.0 Å². The minimum absolute atomic E-state index is 0.0553. The molecule has 0 saturated carbocycles. The van der Waals surface area contributed by atoms with Gasteiger partial charge >= 0.3 is 0 Å². The molecule has 0 fully saturated rings. The summed E-state index contributed by atoms with van der Waals surface area (Å²) in [5, 5.41) is 8.82. The number of hydrogen-bond acceptors (Lipinski definition) is 3. The minimum Gasteiger partial charge on any atom is -0.396 e. The lowest BCUT2D eigenvalue weighted by Gasteiger charge is -2.26. The average molecular weight is 372 g/mol. The molecular weight excluding hydrogens is 356 g/mol. The van der Waals surface area contributed by atoms with Crippen molar-refractivity contribution in [3.63, 3.8) is 0 Å². The van der Waals surface area contributed by atoms with Crippen LogP contribution in [0.3, 0.4) is 0 Å². The van der Waals surface area contributed by atoms with Crippen LogP contribution in [0.15, 0.2) is 21.5 Å². The third-order valence-corrected chi connectivity index (χ3v) is 5.68. The van der Waals surface area contributed by atoms with Crippen LogP contribution < -0.4 is 0 Å². The van der Waals surface area contributed by atoms with Crippen molar-refractivity contribution < 1.29 is 22.3 Å². The van der Waals surface area contributed by atoms with Crippen molar-refractivity contribution in [1.82, 2.24) is 4.31 Å². The Labute approximate surface area is 125 Å². The van der Waals surface area contributed by atoms with E-state index in [1.165, 1.54) is 0 Å². The van der Waals surface area contributed by atoms with Gasteiger partial charge in [-0.15, -0.1) is 0 Å². The Bertz CT molecular complexity index is 555. The van der Waals surface area contributed by atoms with E-state index in [4.69, 9.17) is 5.11 Å². The number of halogens is 3. The van der Waals surface area contributed by atoms with Crippen molar-refractivity contribution in [1.29, 1.82) is 0 Å². The molecule has 1 aromatic rings. The molecule has 1 aromatic carbocycles. The first-order valence-electron chi connectivity index (χ1n) is 5.99. The van der Waals surface area contributed by atoms with Gasteiger partial charge in [-0.3, -0.25) is 0 Å². The largest absolute Gasteiger partial charge is 0.396 e. The van der Waals surface area contributed by atoms with Crippen molar-refractivity contribution in [2.45, 2.75) is 31.2 Å². The highest BCUT2D eigenvalue weighted by atomic mass is 79.9. The van der Waals surface area contributed by atoms with E-state index in [1.54, 1.807) is 13.8 Å². The van der Waals surface area contributed by atoms with Crippen LogP contribution in [-0.4, -0.2) is 37.0 Å². The smallest absolute Gasteiger partial charge is 0.247 e. The Morgan fingerprint density at radius 2 is 1.95 bits per heavy atom. The lowest BCUT2D eigenvalue weighted by atomic mass is 10.3. The normalized spacial score (nSPS) is 12.4. The van der Waals surface area contributed by atoms with Crippen LogP contribution in [0.1, 0.15) is 20.3 Å². The predicted octanol–water partition coefficient (Wildman–Crippen LogP) is 2.51. The third-order valence-electron chi connectivity index (χ3n) is 2.64. The Morgan fingerprint density at radius 3 is 2.40 bits per heavy atom. The van der Waals surface area contributed by atoms with Crippen LogP contribution in [0.25, 0.3) is 0 Å². The molecule has 0 unspecified atom stereocenters. The number of aliphatic hydroxyl groups excluding tert-OH is 1. The summed E-state index contributed by atoms with van der Waals surface area (Å²) in [6, 6.07) is 1.02. The Morgan fingerprint density at radius 1 is 1.35 bits per heavy atom. The fourth-order valence-corrected chi connectivity index (χ4v) is 4.57. The molecule has 0 saturated heterocycles. The number of hydrogen-bond donors (Lipinski definition) is 1. The van der Waals surface area contributed by atoms with Crippen molar-refractivity contribution in [3.05, 3.63) is 28.2 Å². The first-order chi connectivity index (χ1) is 9.21. The van der Waals surface area contributed by atoms with Crippen molar-refractivity contribution in [2.75, 3.05) is 13.2 Å². The van der Waals surface area contributed by atoms with E-state index in [2.05, 4.69) is 15.9 Å². The van der Waals surface area contributed by atoms with Gasteiger partial charge in [-0.05, 0) is 42.3 Å². The van der Waals surface area contributed by atoms with Gasteiger partial charge in [0.15, 0.2) is 0 Å². The summed E-state index contributed by atoms with van der Waals surface area (Å²) < 4.78 is 52.8. The van der Waals surface area contributed by atoms with E-state index >= 15 is 0 Å². The average Bonchev–Trinajstić information content (AvgIpc) is 2.26. The minimum atomic E-state index is -4.12. The fourth-order valence-electron chi connectivity index (χ4n) is 1.78. The molecule has 4 nitrogen and oxygen atoms in total. The molecule has 0 aliphatic carbocycles. The number of sulfonamides is 1. The zero-order valence-electron chi connectivity index (χ0n) is 11.1. The van der Waals surface area contributed by atoms with Crippen LogP contribution in [0.5, 0.6) is 0 Å². The van der Waals surface area contributed by atoms with E-state index in [-0.39, 0.29) is 24.0 Å². The molecule has 0 bridgehead atoms. The van der Waals surface area contributed by atoms with Gasteiger partial charge in [-0.1, -0.05) is 0 Å². The molecule has 114 valence electrons. The van der Waals surface area contributed by atoms with Crippen LogP contribution in [0, 0.1) is 11.6 Å². The van der Waals surface area contributed by atoms with Crippen LogP contribution in [0.4, 0.5) is 8.78 Å². The summed E-state index contributed by atoms with van der Waals surface area (Å²) in [5.74, 6) is -2.01. The molecule has 0 aliphatic rings. The maximum absolute atomic E-state index is 13.8. The lowest BCUT2D eigenvalue weighted by Crippen LogP contribution is -2.38. The summed E-state index contributed by atoms with van der Waals surface area (Å²) in [7, 11) is -4.12. The number of nitrogens with zero attached hydrogens (tertiary/aromatic N) is 1. The number of aliphatic hydroxyl groups is 1. The summed E-state index contributed by atoms with van der Waals surface area (Å²) >= 11 is 2.88. The van der Waals surface area contributed by atoms with Crippen LogP contribution in [0.2, 0.25) is 0 Å². The first kappa shape index (κ1) is 17.5. The SMILES string of the molecule is CC(C)N(CCCO)S(=O)(=O)c1c(F)cc(F)cc1Br. The molecule has 0 atom stereocenters. The van der Waals surface area contributed by atoms with Gasteiger partial charge in [-0.2, -0.15) is 4.31 Å². The van der Waals surface area contributed by atoms with Crippen LogP contribution >= 0.6 is 15.9 Å². The topological polar surface area (TPSA) is 57.6 Å². The molecule has 8 heteroatoms. The monoisotopic (exact) mass is 371 g/mol. The Hall–Kier alpha value is -0.570. The maximum atomic E-state index is 13.8. The van der Waals surface area contributed by atoms with Gasteiger partial charge in [0.2, 0.25) is 10.0 Å². The Balaban J connectivity index is 3.34. The highest BCUT2D eigenvalue weighted by Gasteiger charge is 2.31. The Kier molecular flexibility index (Phi) is 6.06. The van der Waals surface area contributed by atoms with E-state index in [9.17, 15) is 17.2 Å². The molecule has 0 aliphatic heterocycles. The highest BCUT2D eigenvalue weighted by Crippen LogP contribution is 2.29. The van der Waals surface area contributed by atoms with E-state index in [0.29, 0.717) is 6.07 Å². The standard InChI is InChI=1S/C12H16BrF2NO3S/c1-8(2)16(4-3-5-17)20(18,19)12-10(13)6-9(14)7-11(12)15/h6-8,17H,3-5H2,1-2H3. The van der Waals surface area contributed by atoms with E-state index in [1.807, 2.05) is 0 Å². The van der Waals surface area contributed by atoms with Crippen LogP contribution in [-0.2, 0) is 10.0 Å². The zero-order chi connectivity index (χ0) is 15.5. The first-order valence-corrected chi connectivity index (χ1v) is 8.22. The van der Waals surface area contributed by atoms with Crippen molar-refractivity contribution in [2.24, 2.45) is 0 Å². The molecule has 1 rings (SSSR count). The molecule has 0 heterocycles.